The van der Waals surface area contributed by atoms with Gasteiger partial charge in [0.15, 0.2) is 0 Å². The first-order chi connectivity index (χ1) is 10.5. The summed E-state index contributed by atoms with van der Waals surface area (Å²) in [4.78, 5) is 12.1. The highest BCUT2D eigenvalue weighted by atomic mass is 35.5. The zero-order valence-corrected chi connectivity index (χ0v) is 12.6. The Labute approximate surface area is 136 Å². The summed E-state index contributed by atoms with van der Waals surface area (Å²) in [5.41, 5.74) is 0.693. The fraction of sp³-hybridized carbons (Fsp3) is 0. The van der Waals surface area contributed by atoms with E-state index >= 15 is 0 Å². The first-order valence-electron chi connectivity index (χ1n) is 6.14. The number of carbonyl (C=O) groups is 1. The Hall–Kier alpha value is -2.35. The molecule has 0 radical (unpaired) electrons. The lowest BCUT2D eigenvalue weighted by molar-refractivity contribution is -0.112. The number of nitriles is 1. The Morgan fingerprint density at radius 1 is 1.18 bits per heavy atom. The molecule has 0 aromatic heterocycles. The molecule has 22 heavy (non-hydrogen) atoms. The van der Waals surface area contributed by atoms with Gasteiger partial charge in [0.25, 0.3) is 5.91 Å². The van der Waals surface area contributed by atoms with E-state index in [1.54, 1.807) is 24.3 Å². The van der Waals surface area contributed by atoms with Crippen LogP contribution in [0.3, 0.4) is 0 Å². The summed E-state index contributed by atoms with van der Waals surface area (Å²) >= 11 is 11.9. The molecule has 110 valence electrons. The minimum absolute atomic E-state index is 0.145. The normalized spacial score (nSPS) is 10.9. The zero-order chi connectivity index (χ0) is 16.1. The van der Waals surface area contributed by atoms with Crippen molar-refractivity contribution in [3.05, 3.63) is 69.5 Å². The Morgan fingerprint density at radius 3 is 2.50 bits per heavy atom. The van der Waals surface area contributed by atoms with Crippen LogP contribution in [-0.2, 0) is 4.79 Å². The van der Waals surface area contributed by atoms with Gasteiger partial charge in [-0.15, -0.1) is 0 Å². The van der Waals surface area contributed by atoms with Gasteiger partial charge < -0.3 is 5.32 Å². The molecular formula is C16H9Cl2FN2O. The van der Waals surface area contributed by atoms with Gasteiger partial charge in [-0.2, -0.15) is 5.26 Å². The molecule has 0 heterocycles. The fourth-order valence-electron chi connectivity index (χ4n) is 1.67. The summed E-state index contributed by atoms with van der Waals surface area (Å²) in [5.74, 6) is -1.04. The molecule has 0 saturated heterocycles. The number of hydrogen-bond acceptors (Lipinski definition) is 2. The van der Waals surface area contributed by atoms with Gasteiger partial charge in [0.1, 0.15) is 17.5 Å². The van der Waals surface area contributed by atoms with Crippen LogP contribution in [0.5, 0.6) is 0 Å². The number of amides is 1. The van der Waals surface area contributed by atoms with E-state index in [2.05, 4.69) is 5.32 Å². The molecule has 0 bridgehead atoms. The number of nitrogens with zero attached hydrogens (tertiary/aromatic N) is 1. The van der Waals surface area contributed by atoms with Crippen LogP contribution in [-0.4, -0.2) is 5.91 Å². The van der Waals surface area contributed by atoms with Crippen molar-refractivity contribution >= 4 is 40.9 Å². The number of rotatable bonds is 3. The fourth-order valence-corrected chi connectivity index (χ4v) is 2.03. The predicted octanol–water partition coefficient (Wildman–Crippen LogP) is 4.68. The summed E-state index contributed by atoms with van der Waals surface area (Å²) in [6.45, 7) is 0. The van der Waals surface area contributed by atoms with Gasteiger partial charge >= 0.3 is 0 Å². The monoisotopic (exact) mass is 334 g/mol. The second kappa shape index (κ2) is 7.08. The van der Waals surface area contributed by atoms with Crippen LogP contribution < -0.4 is 5.32 Å². The maximum atomic E-state index is 12.8. The maximum absolute atomic E-state index is 12.8. The Bertz CT molecular complexity index is 780. The quantitative estimate of drug-likeness (QED) is 0.654. The molecule has 0 saturated carbocycles. The van der Waals surface area contributed by atoms with Crippen molar-refractivity contribution in [1.82, 2.24) is 0 Å². The van der Waals surface area contributed by atoms with Crippen molar-refractivity contribution in [3.8, 4) is 6.07 Å². The van der Waals surface area contributed by atoms with Gasteiger partial charge in [-0.05, 0) is 42.0 Å². The van der Waals surface area contributed by atoms with Crippen molar-refractivity contribution in [2.75, 3.05) is 5.32 Å². The van der Waals surface area contributed by atoms with Crippen molar-refractivity contribution in [1.29, 1.82) is 5.26 Å². The van der Waals surface area contributed by atoms with Crippen LogP contribution in [0.4, 0.5) is 10.1 Å². The first kappa shape index (κ1) is 16.0. The second-order valence-corrected chi connectivity index (χ2v) is 5.06. The number of benzene rings is 2. The molecule has 2 aromatic rings. The van der Waals surface area contributed by atoms with Gasteiger partial charge in [0.2, 0.25) is 0 Å². The molecule has 1 amide bonds. The molecule has 1 N–H and O–H groups in total. The third-order valence-corrected chi connectivity index (χ3v) is 3.58. The van der Waals surface area contributed by atoms with E-state index in [0.717, 1.165) is 0 Å². The van der Waals surface area contributed by atoms with Crippen LogP contribution in [0.2, 0.25) is 10.0 Å². The average molecular weight is 335 g/mol. The smallest absolute Gasteiger partial charge is 0.266 e. The van der Waals surface area contributed by atoms with Gasteiger partial charge in [0, 0.05) is 5.69 Å². The standard InChI is InChI=1S/C16H9Cl2FN2O/c17-14-3-1-2-10(15(14)18)8-11(9-20)16(22)21-13-6-4-12(19)5-7-13/h1-8H,(H,21,22)/b11-8+. The largest absolute Gasteiger partial charge is 0.321 e. The van der Waals surface area contributed by atoms with E-state index in [9.17, 15) is 9.18 Å². The van der Waals surface area contributed by atoms with Crippen molar-refractivity contribution in [3.63, 3.8) is 0 Å². The van der Waals surface area contributed by atoms with Gasteiger partial charge in [-0.25, -0.2) is 4.39 Å². The molecule has 0 fully saturated rings. The third kappa shape index (κ3) is 3.85. The summed E-state index contributed by atoms with van der Waals surface area (Å²) in [6.07, 6.45) is 1.34. The number of halogens is 3. The minimum Gasteiger partial charge on any atom is -0.321 e. The van der Waals surface area contributed by atoms with E-state index in [-0.39, 0.29) is 10.6 Å². The summed E-state index contributed by atoms with van der Waals surface area (Å²) in [6, 6.07) is 11.9. The lowest BCUT2D eigenvalue weighted by atomic mass is 10.1. The highest BCUT2D eigenvalue weighted by molar-refractivity contribution is 6.43. The highest BCUT2D eigenvalue weighted by Gasteiger charge is 2.11. The zero-order valence-electron chi connectivity index (χ0n) is 11.1. The highest BCUT2D eigenvalue weighted by Crippen LogP contribution is 2.27. The number of carbonyl (C=O) groups excluding carboxylic acids is 1. The molecule has 0 unspecified atom stereocenters. The van der Waals surface area contributed by atoms with Crippen molar-refractivity contribution in [2.24, 2.45) is 0 Å². The van der Waals surface area contributed by atoms with E-state index < -0.39 is 11.7 Å². The van der Waals surface area contributed by atoms with Gasteiger partial charge in [0.05, 0.1) is 10.0 Å². The molecular weight excluding hydrogens is 326 g/mol. The lowest BCUT2D eigenvalue weighted by Gasteiger charge is -2.05. The molecule has 3 nitrogen and oxygen atoms in total. The molecule has 2 aromatic carbocycles. The van der Waals surface area contributed by atoms with Crippen LogP contribution in [0.1, 0.15) is 5.56 Å². The van der Waals surface area contributed by atoms with E-state index in [0.29, 0.717) is 16.3 Å². The van der Waals surface area contributed by atoms with Crippen LogP contribution in [0, 0.1) is 17.1 Å². The Morgan fingerprint density at radius 2 is 1.86 bits per heavy atom. The minimum atomic E-state index is -0.620. The summed E-state index contributed by atoms with van der Waals surface area (Å²) in [7, 11) is 0. The van der Waals surface area contributed by atoms with E-state index in [1.165, 1.54) is 30.3 Å². The first-order valence-corrected chi connectivity index (χ1v) is 6.89. The van der Waals surface area contributed by atoms with Crippen molar-refractivity contribution < 1.29 is 9.18 Å². The maximum Gasteiger partial charge on any atom is 0.266 e. The Kier molecular flexibility index (Phi) is 5.16. The SMILES string of the molecule is N#C/C(=C\c1cccc(Cl)c1Cl)C(=O)Nc1ccc(F)cc1. The Balaban J connectivity index is 2.26. The number of nitrogens with one attached hydrogen (secondary N) is 1. The second-order valence-electron chi connectivity index (χ2n) is 4.27. The molecule has 0 aliphatic rings. The van der Waals surface area contributed by atoms with Crippen molar-refractivity contribution in [2.45, 2.75) is 0 Å². The third-order valence-electron chi connectivity index (χ3n) is 2.75. The topological polar surface area (TPSA) is 52.9 Å². The number of anilines is 1. The molecule has 0 aliphatic carbocycles. The van der Waals surface area contributed by atoms with Crippen LogP contribution in [0.25, 0.3) is 6.08 Å². The van der Waals surface area contributed by atoms with Crippen LogP contribution in [0.15, 0.2) is 48.0 Å². The van der Waals surface area contributed by atoms with E-state index in [1.807, 2.05) is 0 Å². The van der Waals surface area contributed by atoms with Gasteiger partial charge in [-0.3, -0.25) is 4.79 Å². The molecule has 2 rings (SSSR count). The van der Waals surface area contributed by atoms with Crippen LogP contribution >= 0.6 is 23.2 Å². The van der Waals surface area contributed by atoms with E-state index in [4.69, 9.17) is 28.5 Å². The lowest BCUT2D eigenvalue weighted by Crippen LogP contribution is -2.13. The number of hydrogen-bond donors (Lipinski definition) is 1. The van der Waals surface area contributed by atoms with Gasteiger partial charge in [-0.1, -0.05) is 35.3 Å². The summed E-state index contributed by atoms with van der Waals surface area (Å²) < 4.78 is 12.8. The predicted molar refractivity (Wildman–Crippen MR) is 85.1 cm³/mol. The molecule has 0 spiro atoms. The average Bonchev–Trinajstić information content (AvgIpc) is 2.51. The molecule has 0 aliphatic heterocycles. The molecule has 0 atom stereocenters. The summed E-state index contributed by atoms with van der Waals surface area (Å²) in [5, 5.41) is 12.2. The molecule has 6 heteroatoms.